The van der Waals surface area contributed by atoms with Gasteiger partial charge in [-0.2, -0.15) is 0 Å². The second-order valence-corrected chi connectivity index (χ2v) is 4.50. The number of aliphatic hydroxyl groups excluding tert-OH is 4. The topological polar surface area (TPSA) is 137 Å². The van der Waals surface area contributed by atoms with E-state index in [1.165, 1.54) is 7.05 Å². The molecule has 0 aromatic carbocycles. The smallest absolute Gasteiger partial charge is 0.417 e. The summed E-state index contributed by atoms with van der Waals surface area (Å²) in [6.45, 7) is -0.619. The fourth-order valence-corrected chi connectivity index (χ4v) is 2.11. The highest BCUT2D eigenvalue weighted by Gasteiger charge is 2.53. The monoisotopic (exact) mass is 277 g/mol. The van der Waals surface area contributed by atoms with E-state index in [-0.39, 0.29) is 0 Å². The SMILES string of the molecule is CN1C(=O)OC(C2O[C@H](CO)[C@@H](O)[C@H](O)[C@H]2O)C1=O. The van der Waals surface area contributed by atoms with E-state index < -0.39 is 55.2 Å². The molecule has 2 aliphatic rings. The summed E-state index contributed by atoms with van der Waals surface area (Å²) in [6.07, 6.45) is -9.58. The molecule has 2 heterocycles. The van der Waals surface area contributed by atoms with Crippen molar-refractivity contribution in [2.45, 2.75) is 36.6 Å². The van der Waals surface area contributed by atoms with Crippen molar-refractivity contribution in [3.63, 3.8) is 0 Å². The maximum atomic E-state index is 11.7. The molecule has 2 rings (SSSR count). The lowest BCUT2D eigenvalue weighted by atomic mass is 9.92. The molecule has 0 spiro atoms. The molecule has 19 heavy (non-hydrogen) atoms. The van der Waals surface area contributed by atoms with Crippen LogP contribution in [0.25, 0.3) is 0 Å². The number of amides is 2. The number of aliphatic hydroxyl groups is 4. The van der Waals surface area contributed by atoms with Crippen LogP contribution in [0.1, 0.15) is 0 Å². The predicted octanol–water partition coefficient (Wildman–Crippen LogP) is -3.19. The van der Waals surface area contributed by atoms with Gasteiger partial charge in [0.05, 0.1) is 6.61 Å². The Morgan fingerprint density at radius 1 is 1.16 bits per heavy atom. The molecule has 0 aromatic heterocycles. The Balaban J connectivity index is 2.20. The number of imide groups is 1. The van der Waals surface area contributed by atoms with Crippen molar-refractivity contribution in [2.75, 3.05) is 13.7 Å². The molecule has 2 unspecified atom stereocenters. The Labute approximate surface area is 107 Å². The second-order valence-electron chi connectivity index (χ2n) is 4.50. The maximum Gasteiger partial charge on any atom is 0.417 e. The van der Waals surface area contributed by atoms with Gasteiger partial charge < -0.3 is 29.9 Å². The minimum Gasteiger partial charge on any atom is -0.433 e. The number of nitrogens with zero attached hydrogens (tertiary/aromatic N) is 1. The highest BCUT2D eigenvalue weighted by molar-refractivity contribution is 6.00. The molecule has 0 aromatic rings. The lowest BCUT2D eigenvalue weighted by Gasteiger charge is -2.40. The molecule has 2 saturated heterocycles. The van der Waals surface area contributed by atoms with Crippen LogP contribution in [-0.2, 0) is 14.3 Å². The number of likely N-dealkylation sites (N-methyl/N-ethyl adjacent to an activating group) is 1. The van der Waals surface area contributed by atoms with Crippen molar-refractivity contribution >= 4 is 12.0 Å². The van der Waals surface area contributed by atoms with Gasteiger partial charge in [0.25, 0.3) is 5.91 Å². The van der Waals surface area contributed by atoms with Crippen LogP contribution in [0.2, 0.25) is 0 Å². The highest BCUT2D eigenvalue weighted by atomic mass is 16.6. The van der Waals surface area contributed by atoms with E-state index in [4.69, 9.17) is 14.6 Å². The predicted molar refractivity (Wildman–Crippen MR) is 56.8 cm³/mol. The first-order chi connectivity index (χ1) is 8.88. The van der Waals surface area contributed by atoms with E-state index in [1.54, 1.807) is 0 Å². The largest absolute Gasteiger partial charge is 0.433 e. The van der Waals surface area contributed by atoms with E-state index >= 15 is 0 Å². The first-order valence-electron chi connectivity index (χ1n) is 5.67. The fourth-order valence-electron chi connectivity index (χ4n) is 2.11. The van der Waals surface area contributed by atoms with E-state index in [1.807, 2.05) is 0 Å². The number of cyclic esters (lactones) is 1. The van der Waals surface area contributed by atoms with E-state index in [0.29, 0.717) is 4.90 Å². The van der Waals surface area contributed by atoms with Crippen molar-refractivity contribution in [1.29, 1.82) is 0 Å². The molecule has 108 valence electrons. The summed E-state index contributed by atoms with van der Waals surface area (Å²) in [6, 6.07) is 0. The molecule has 9 nitrogen and oxygen atoms in total. The van der Waals surface area contributed by atoms with Gasteiger partial charge >= 0.3 is 6.09 Å². The van der Waals surface area contributed by atoms with Crippen LogP contribution in [0.4, 0.5) is 4.79 Å². The first-order valence-corrected chi connectivity index (χ1v) is 5.67. The lowest BCUT2D eigenvalue weighted by Crippen LogP contribution is -2.62. The zero-order valence-corrected chi connectivity index (χ0v) is 10.0. The van der Waals surface area contributed by atoms with Gasteiger partial charge in [-0.15, -0.1) is 0 Å². The molecular formula is C10H15NO8. The minimum atomic E-state index is -1.62. The third-order valence-electron chi connectivity index (χ3n) is 3.30. The van der Waals surface area contributed by atoms with Crippen LogP contribution in [0.15, 0.2) is 0 Å². The molecule has 0 radical (unpaired) electrons. The molecule has 6 atom stereocenters. The normalized spacial score (nSPS) is 43.5. The van der Waals surface area contributed by atoms with Crippen molar-refractivity contribution in [3.05, 3.63) is 0 Å². The van der Waals surface area contributed by atoms with Crippen LogP contribution < -0.4 is 0 Å². The Hall–Kier alpha value is -1.26. The lowest BCUT2D eigenvalue weighted by molar-refractivity contribution is -0.244. The number of hydrogen-bond donors (Lipinski definition) is 4. The molecule has 9 heteroatoms. The molecule has 0 saturated carbocycles. The van der Waals surface area contributed by atoms with E-state index in [0.717, 1.165) is 0 Å². The summed E-state index contributed by atoms with van der Waals surface area (Å²) < 4.78 is 9.90. The van der Waals surface area contributed by atoms with Crippen molar-refractivity contribution in [2.24, 2.45) is 0 Å². The van der Waals surface area contributed by atoms with Gasteiger partial charge in [-0.05, 0) is 0 Å². The van der Waals surface area contributed by atoms with Gasteiger partial charge in [-0.25, -0.2) is 9.69 Å². The molecule has 0 aliphatic carbocycles. The standard InChI is InChI=1S/C10H15NO8/c1-11-9(16)8(19-10(11)17)7-6(15)5(14)4(13)3(2-12)18-7/h3-8,12-15H,2H2,1H3/t3-,4-,5+,6-,7?,8?/m1/s1. The quantitative estimate of drug-likeness (QED) is 0.414. The Kier molecular flexibility index (Phi) is 3.74. The average molecular weight is 277 g/mol. The first kappa shape index (κ1) is 14.2. The summed E-state index contributed by atoms with van der Waals surface area (Å²) >= 11 is 0. The van der Waals surface area contributed by atoms with E-state index in [9.17, 15) is 24.9 Å². The molecule has 4 N–H and O–H groups in total. The van der Waals surface area contributed by atoms with Gasteiger partial charge in [-0.3, -0.25) is 4.79 Å². The molecule has 0 bridgehead atoms. The summed E-state index contributed by atoms with van der Waals surface area (Å²) in [7, 11) is 1.20. The summed E-state index contributed by atoms with van der Waals surface area (Å²) in [5.41, 5.74) is 0. The van der Waals surface area contributed by atoms with Crippen LogP contribution in [0.3, 0.4) is 0 Å². The molecule has 2 fully saturated rings. The summed E-state index contributed by atoms with van der Waals surface area (Å²) in [4.78, 5) is 23.7. The number of hydrogen-bond acceptors (Lipinski definition) is 8. The van der Waals surface area contributed by atoms with Gasteiger partial charge in [0, 0.05) is 7.05 Å². The third-order valence-corrected chi connectivity index (χ3v) is 3.30. The van der Waals surface area contributed by atoms with Crippen molar-refractivity contribution < 1.29 is 39.5 Å². The number of carbonyl (C=O) groups is 2. The van der Waals surface area contributed by atoms with Gasteiger partial charge in [0.2, 0.25) is 6.10 Å². The van der Waals surface area contributed by atoms with Crippen molar-refractivity contribution in [3.8, 4) is 0 Å². The average Bonchev–Trinajstić information content (AvgIpc) is 2.64. The van der Waals surface area contributed by atoms with Gasteiger partial charge in [0.1, 0.15) is 30.5 Å². The van der Waals surface area contributed by atoms with Crippen LogP contribution in [-0.4, -0.2) is 87.6 Å². The summed E-state index contributed by atoms with van der Waals surface area (Å²) in [5, 5.41) is 38.0. The molecule has 2 amide bonds. The van der Waals surface area contributed by atoms with Crippen LogP contribution in [0, 0.1) is 0 Å². The Morgan fingerprint density at radius 3 is 2.26 bits per heavy atom. The molecule has 2 aliphatic heterocycles. The Bertz CT molecular complexity index is 386. The Morgan fingerprint density at radius 2 is 1.79 bits per heavy atom. The minimum absolute atomic E-state index is 0.619. The maximum absolute atomic E-state index is 11.7. The van der Waals surface area contributed by atoms with Crippen LogP contribution >= 0.6 is 0 Å². The second kappa shape index (κ2) is 5.02. The van der Waals surface area contributed by atoms with E-state index in [2.05, 4.69) is 0 Å². The number of rotatable bonds is 2. The van der Waals surface area contributed by atoms with Gasteiger partial charge in [-0.1, -0.05) is 0 Å². The highest BCUT2D eigenvalue weighted by Crippen LogP contribution is 2.27. The fraction of sp³-hybridized carbons (Fsp3) is 0.800. The van der Waals surface area contributed by atoms with Crippen LogP contribution in [0.5, 0.6) is 0 Å². The number of carbonyl (C=O) groups excluding carboxylic acids is 2. The summed E-state index contributed by atoms with van der Waals surface area (Å²) in [5.74, 6) is -0.727. The third kappa shape index (κ3) is 2.19. The zero-order chi connectivity index (χ0) is 14.3. The molecular weight excluding hydrogens is 262 g/mol. The number of ether oxygens (including phenoxy) is 2. The van der Waals surface area contributed by atoms with Crippen molar-refractivity contribution in [1.82, 2.24) is 4.90 Å². The zero-order valence-electron chi connectivity index (χ0n) is 10.0. The van der Waals surface area contributed by atoms with Gasteiger partial charge in [0.15, 0.2) is 0 Å².